The molecular weight excluding hydrogens is 525 g/mol. The van der Waals surface area contributed by atoms with Crippen LogP contribution in [-0.2, 0) is 6.54 Å². The molecule has 164 valence electrons. The second-order valence-electron chi connectivity index (χ2n) is 7.71. The zero-order valence-corrected chi connectivity index (χ0v) is 21.7. The summed E-state index contributed by atoms with van der Waals surface area (Å²) in [6.45, 7) is 9.53. The van der Waals surface area contributed by atoms with Gasteiger partial charge in [-0.1, -0.05) is 53.8 Å². The van der Waals surface area contributed by atoms with E-state index in [1.807, 2.05) is 11.3 Å². The zero-order valence-electron chi connectivity index (χ0n) is 18.8. The van der Waals surface area contributed by atoms with Crippen LogP contribution in [0.3, 0.4) is 0 Å². The number of nitrogens with zero attached hydrogens (tertiary/aromatic N) is 3. The van der Waals surface area contributed by atoms with Crippen molar-refractivity contribution in [3.05, 3.63) is 83.6 Å². The molecule has 1 aromatic heterocycles. The Labute approximate surface area is 211 Å². The van der Waals surface area contributed by atoms with Crippen molar-refractivity contribution in [2.45, 2.75) is 27.3 Å². The molecule has 0 saturated carbocycles. The van der Waals surface area contributed by atoms with E-state index in [1.54, 1.807) is 0 Å². The summed E-state index contributed by atoms with van der Waals surface area (Å²) in [5.41, 5.74) is 3.91. The van der Waals surface area contributed by atoms with E-state index >= 15 is 0 Å². The molecule has 5 heteroatoms. The summed E-state index contributed by atoms with van der Waals surface area (Å²) in [4.78, 5) is 4.85. The predicted molar refractivity (Wildman–Crippen MR) is 135 cm³/mol. The molecule has 5 rings (SSSR count). The molecule has 0 aliphatic carbocycles. The van der Waals surface area contributed by atoms with Crippen molar-refractivity contribution in [3.63, 3.8) is 0 Å². The molecule has 0 radical (unpaired) electrons. The summed E-state index contributed by atoms with van der Waals surface area (Å²) in [5, 5.41) is 3.87. The molecule has 0 amide bonds. The van der Waals surface area contributed by atoms with Gasteiger partial charge in [-0.3, -0.25) is 0 Å². The highest BCUT2D eigenvalue weighted by molar-refractivity contribution is 7.18. The Balaban J connectivity index is 0.00000245. The quantitative estimate of drug-likeness (QED) is 0.277. The van der Waals surface area contributed by atoms with Gasteiger partial charge in [0.25, 0.3) is 5.01 Å². The lowest BCUT2D eigenvalue weighted by molar-refractivity contribution is -0.665. The summed E-state index contributed by atoms with van der Waals surface area (Å²) in [7, 11) is 0. The van der Waals surface area contributed by atoms with Gasteiger partial charge < -0.3 is 33.8 Å². The Bertz CT molecular complexity index is 1270. The number of allylic oxidation sites excluding steroid dienone is 2. The minimum atomic E-state index is 0. The maximum absolute atomic E-state index is 2.43. The molecule has 0 atom stereocenters. The standard InChI is InChI=1S/C27H28N3S.HI/c1-4-28-23-18-20-12-7-8-13-21(20)19-24(23)29(5-2)26(28)16-11-17-27-30(6-3)22-14-9-10-15-25(22)31-27;/h7-19H,4-6H2,1-3H3;1H/q+1;/p-1. The third-order valence-electron chi connectivity index (χ3n) is 6.05. The monoisotopic (exact) mass is 553 g/mol. The van der Waals surface area contributed by atoms with Crippen molar-refractivity contribution in [1.82, 2.24) is 0 Å². The smallest absolute Gasteiger partial charge is 0.262 e. The summed E-state index contributed by atoms with van der Waals surface area (Å²) in [6.07, 6.45) is 6.73. The van der Waals surface area contributed by atoms with Crippen molar-refractivity contribution in [2.24, 2.45) is 0 Å². The van der Waals surface area contributed by atoms with Gasteiger partial charge in [-0.2, -0.15) is 4.57 Å². The fraction of sp³-hybridized carbons (Fsp3) is 0.222. The SMILES string of the molecule is CCN1C(=C/C=C/c2sc3ccccc3[n+]2CC)N(CC)c2cc3ccccc3cc21.[I-]. The first-order valence-corrected chi connectivity index (χ1v) is 11.9. The first kappa shape index (κ1) is 22.8. The van der Waals surface area contributed by atoms with E-state index < -0.39 is 0 Å². The van der Waals surface area contributed by atoms with Crippen molar-refractivity contribution < 1.29 is 28.5 Å². The molecule has 1 aliphatic heterocycles. The topological polar surface area (TPSA) is 10.4 Å². The van der Waals surface area contributed by atoms with Crippen LogP contribution < -0.4 is 38.3 Å². The maximum atomic E-state index is 2.43. The van der Waals surface area contributed by atoms with Crippen LogP contribution in [-0.4, -0.2) is 13.1 Å². The number of benzene rings is 3. The van der Waals surface area contributed by atoms with E-state index in [-0.39, 0.29) is 24.0 Å². The third-order valence-corrected chi connectivity index (χ3v) is 7.18. The van der Waals surface area contributed by atoms with Gasteiger partial charge in [-0.25, -0.2) is 0 Å². The Morgan fingerprint density at radius 2 is 1.44 bits per heavy atom. The van der Waals surface area contributed by atoms with Crippen LogP contribution in [0.5, 0.6) is 0 Å². The van der Waals surface area contributed by atoms with Crippen LogP contribution in [0, 0.1) is 0 Å². The number of fused-ring (bicyclic) bond motifs is 3. The first-order chi connectivity index (χ1) is 15.2. The molecule has 4 aromatic rings. The Morgan fingerprint density at radius 1 is 0.844 bits per heavy atom. The van der Waals surface area contributed by atoms with Crippen molar-refractivity contribution >= 4 is 49.8 Å². The van der Waals surface area contributed by atoms with Crippen molar-refractivity contribution in [3.8, 4) is 0 Å². The van der Waals surface area contributed by atoms with Gasteiger partial charge in [0.2, 0.25) is 5.52 Å². The lowest BCUT2D eigenvalue weighted by atomic mass is 10.1. The van der Waals surface area contributed by atoms with Gasteiger partial charge in [0.05, 0.1) is 11.4 Å². The lowest BCUT2D eigenvalue weighted by Gasteiger charge is -2.23. The van der Waals surface area contributed by atoms with Crippen LogP contribution in [0.25, 0.3) is 27.1 Å². The lowest BCUT2D eigenvalue weighted by Crippen LogP contribution is -3.00. The number of halogens is 1. The van der Waals surface area contributed by atoms with Crippen LogP contribution in [0.4, 0.5) is 11.4 Å². The number of hydrogen-bond acceptors (Lipinski definition) is 3. The molecule has 32 heavy (non-hydrogen) atoms. The maximum Gasteiger partial charge on any atom is 0.262 e. The molecule has 2 heterocycles. The van der Waals surface area contributed by atoms with Crippen molar-refractivity contribution in [1.29, 1.82) is 0 Å². The second-order valence-corrected chi connectivity index (χ2v) is 8.78. The summed E-state index contributed by atoms with van der Waals surface area (Å²) in [5.74, 6) is 1.25. The molecular formula is C27H28IN3S. The molecule has 0 fully saturated rings. The molecule has 3 nitrogen and oxygen atoms in total. The Hall–Kier alpha value is -2.38. The number of hydrogen-bond donors (Lipinski definition) is 0. The first-order valence-electron chi connectivity index (χ1n) is 11.1. The van der Waals surface area contributed by atoms with Gasteiger partial charge in [-0.15, -0.1) is 0 Å². The summed E-state index contributed by atoms with van der Waals surface area (Å²) >= 11 is 1.85. The molecule has 0 unspecified atom stereocenters. The zero-order chi connectivity index (χ0) is 21.4. The Morgan fingerprint density at radius 3 is 2.03 bits per heavy atom. The highest BCUT2D eigenvalue weighted by atomic mass is 127. The van der Waals surface area contributed by atoms with E-state index in [9.17, 15) is 0 Å². The number of aromatic nitrogens is 1. The minimum absolute atomic E-state index is 0. The normalized spacial score (nSPS) is 13.3. The third kappa shape index (κ3) is 3.82. The average molecular weight is 554 g/mol. The average Bonchev–Trinajstić information content (AvgIpc) is 3.31. The van der Waals surface area contributed by atoms with Crippen LogP contribution in [0.1, 0.15) is 25.8 Å². The van der Waals surface area contributed by atoms with E-state index in [0.717, 1.165) is 19.6 Å². The molecule has 0 spiro atoms. The van der Waals surface area contributed by atoms with Gasteiger partial charge >= 0.3 is 0 Å². The largest absolute Gasteiger partial charge is 1.00 e. The van der Waals surface area contributed by atoms with E-state index in [1.165, 1.54) is 43.2 Å². The predicted octanol–water partition coefficient (Wildman–Crippen LogP) is 3.59. The summed E-state index contributed by atoms with van der Waals surface area (Å²) < 4.78 is 3.72. The van der Waals surface area contributed by atoms with Crippen LogP contribution in [0.15, 0.2) is 78.6 Å². The van der Waals surface area contributed by atoms with Gasteiger partial charge in [-0.05, 0) is 55.8 Å². The van der Waals surface area contributed by atoms with Crippen LogP contribution in [0.2, 0.25) is 0 Å². The highest BCUT2D eigenvalue weighted by Gasteiger charge is 2.29. The number of para-hydroxylation sites is 1. The van der Waals surface area contributed by atoms with Crippen LogP contribution >= 0.6 is 11.3 Å². The van der Waals surface area contributed by atoms with Gasteiger partial charge in [0.1, 0.15) is 17.1 Å². The molecule has 0 N–H and O–H groups in total. The number of thiazole rings is 1. The summed E-state index contributed by atoms with van der Waals surface area (Å²) in [6, 6.07) is 21.9. The van der Waals surface area contributed by atoms with E-state index in [2.05, 4.69) is 114 Å². The van der Waals surface area contributed by atoms with Gasteiger partial charge in [0.15, 0.2) is 0 Å². The highest BCUT2D eigenvalue weighted by Crippen LogP contribution is 2.43. The second kappa shape index (κ2) is 9.63. The van der Waals surface area contributed by atoms with Crippen molar-refractivity contribution in [2.75, 3.05) is 22.9 Å². The fourth-order valence-electron chi connectivity index (χ4n) is 4.61. The molecule has 0 saturated heterocycles. The fourth-order valence-corrected chi connectivity index (χ4v) is 5.74. The number of anilines is 2. The van der Waals surface area contributed by atoms with Gasteiger partial charge in [0, 0.05) is 25.2 Å². The number of aryl methyl sites for hydroxylation is 1. The number of rotatable bonds is 5. The Kier molecular flexibility index (Phi) is 6.86. The minimum Gasteiger partial charge on any atom is -1.00 e. The van der Waals surface area contributed by atoms with E-state index in [0.29, 0.717) is 0 Å². The molecule has 1 aliphatic rings. The van der Waals surface area contributed by atoms with E-state index in [4.69, 9.17) is 0 Å². The molecule has 0 bridgehead atoms. The molecule has 3 aromatic carbocycles.